The molecule has 0 unspecified atom stereocenters. The molecule has 35 heavy (non-hydrogen) atoms. The SMILES string of the molecule is COc1cc2c(cc1OC)[C@@H](c1cccc(C(F)(F)F)c1)N(C(=O)[C@@H](C)Oc1ccccc1)CC2. The van der Waals surface area contributed by atoms with E-state index in [1.165, 1.54) is 20.3 Å². The van der Waals surface area contributed by atoms with Crippen molar-refractivity contribution in [3.63, 3.8) is 0 Å². The number of rotatable bonds is 6. The number of benzene rings is 3. The number of methoxy groups -OCH3 is 2. The van der Waals surface area contributed by atoms with Crippen LogP contribution < -0.4 is 14.2 Å². The van der Waals surface area contributed by atoms with E-state index in [0.29, 0.717) is 41.3 Å². The highest BCUT2D eigenvalue weighted by Crippen LogP contribution is 2.42. The normalized spacial score (nSPS) is 16.3. The zero-order valence-electron chi connectivity index (χ0n) is 19.6. The summed E-state index contributed by atoms with van der Waals surface area (Å²) >= 11 is 0. The Bertz CT molecular complexity index is 1200. The molecule has 2 atom stereocenters. The van der Waals surface area contributed by atoms with Gasteiger partial charge in [-0.3, -0.25) is 4.79 Å². The van der Waals surface area contributed by atoms with E-state index in [-0.39, 0.29) is 5.91 Å². The summed E-state index contributed by atoms with van der Waals surface area (Å²) in [7, 11) is 3.01. The van der Waals surface area contributed by atoms with Crippen LogP contribution in [0.5, 0.6) is 17.2 Å². The number of hydrogen-bond donors (Lipinski definition) is 0. The number of amides is 1. The summed E-state index contributed by atoms with van der Waals surface area (Å²) < 4.78 is 57.3. The molecule has 4 rings (SSSR count). The van der Waals surface area contributed by atoms with Gasteiger partial charge in [-0.25, -0.2) is 0 Å². The van der Waals surface area contributed by atoms with Crippen LogP contribution in [-0.4, -0.2) is 37.7 Å². The van der Waals surface area contributed by atoms with Crippen LogP contribution in [0.4, 0.5) is 13.2 Å². The first-order chi connectivity index (χ1) is 16.7. The van der Waals surface area contributed by atoms with Gasteiger partial charge in [0.1, 0.15) is 5.75 Å². The first-order valence-electron chi connectivity index (χ1n) is 11.2. The summed E-state index contributed by atoms with van der Waals surface area (Å²) in [5, 5.41) is 0. The van der Waals surface area contributed by atoms with Gasteiger partial charge in [-0.15, -0.1) is 0 Å². The lowest BCUT2D eigenvalue weighted by Gasteiger charge is -2.39. The van der Waals surface area contributed by atoms with Crippen LogP contribution >= 0.6 is 0 Å². The number of carbonyl (C=O) groups excluding carboxylic acids is 1. The third-order valence-corrected chi connectivity index (χ3v) is 6.09. The molecule has 0 aromatic heterocycles. The zero-order chi connectivity index (χ0) is 25.2. The molecule has 0 fully saturated rings. The number of alkyl halides is 3. The molecule has 1 amide bonds. The first kappa shape index (κ1) is 24.4. The predicted molar refractivity (Wildman–Crippen MR) is 125 cm³/mol. The number of carbonyl (C=O) groups is 1. The standard InChI is InChI=1S/C27H26F3NO4/c1-17(35-21-10-5-4-6-11-21)26(32)31-13-12-18-15-23(33-2)24(34-3)16-22(18)25(31)19-8-7-9-20(14-19)27(28,29)30/h4-11,14-17,25H,12-13H2,1-3H3/t17-,25-/m1/s1. The van der Waals surface area contributed by atoms with Gasteiger partial charge in [0.2, 0.25) is 0 Å². The van der Waals surface area contributed by atoms with E-state index in [4.69, 9.17) is 14.2 Å². The summed E-state index contributed by atoms with van der Waals surface area (Å²) in [6.07, 6.45) is -4.84. The summed E-state index contributed by atoms with van der Waals surface area (Å²) in [5.74, 6) is 1.17. The number of ether oxygens (including phenoxy) is 3. The van der Waals surface area contributed by atoms with Crippen LogP contribution in [0.3, 0.4) is 0 Å². The maximum absolute atomic E-state index is 13.6. The number of halogens is 3. The quantitative estimate of drug-likeness (QED) is 0.452. The minimum atomic E-state index is -4.51. The van der Waals surface area contributed by atoms with Gasteiger partial charge in [-0.1, -0.05) is 30.3 Å². The Hall–Kier alpha value is -3.68. The summed E-state index contributed by atoms with van der Waals surface area (Å²) in [4.78, 5) is 15.2. The highest BCUT2D eigenvalue weighted by Gasteiger charge is 2.37. The average Bonchev–Trinajstić information content (AvgIpc) is 2.86. The minimum absolute atomic E-state index is 0.310. The minimum Gasteiger partial charge on any atom is -0.493 e. The van der Waals surface area contributed by atoms with Crippen molar-refractivity contribution in [3.8, 4) is 17.2 Å². The number of para-hydroxylation sites is 1. The largest absolute Gasteiger partial charge is 0.493 e. The van der Waals surface area contributed by atoms with Crippen molar-refractivity contribution in [2.45, 2.75) is 31.7 Å². The van der Waals surface area contributed by atoms with E-state index >= 15 is 0 Å². The Balaban J connectivity index is 1.79. The van der Waals surface area contributed by atoms with E-state index in [1.807, 2.05) is 12.1 Å². The molecule has 3 aromatic rings. The molecule has 3 aromatic carbocycles. The molecular weight excluding hydrogens is 459 g/mol. The maximum atomic E-state index is 13.6. The van der Waals surface area contributed by atoms with E-state index in [2.05, 4.69) is 0 Å². The van der Waals surface area contributed by atoms with Gasteiger partial charge in [0.15, 0.2) is 17.6 Å². The van der Waals surface area contributed by atoms with Gasteiger partial charge in [0.05, 0.1) is 25.8 Å². The van der Waals surface area contributed by atoms with Crippen LogP contribution in [0.15, 0.2) is 66.7 Å². The van der Waals surface area contributed by atoms with Gasteiger partial charge in [-0.05, 0) is 66.4 Å². The second kappa shape index (κ2) is 9.90. The molecule has 184 valence electrons. The topological polar surface area (TPSA) is 48.0 Å². The van der Waals surface area contributed by atoms with Crippen LogP contribution in [0.25, 0.3) is 0 Å². The Kier molecular flexibility index (Phi) is 6.91. The third kappa shape index (κ3) is 5.06. The average molecular weight is 486 g/mol. The number of fused-ring (bicyclic) bond motifs is 1. The van der Waals surface area contributed by atoms with Crippen molar-refractivity contribution in [3.05, 3.63) is 89.0 Å². The van der Waals surface area contributed by atoms with Crippen molar-refractivity contribution >= 4 is 5.91 Å². The van der Waals surface area contributed by atoms with Crippen molar-refractivity contribution in [2.75, 3.05) is 20.8 Å². The summed E-state index contributed by atoms with van der Waals surface area (Å²) in [5.41, 5.74) is 1.15. The molecule has 0 spiro atoms. The molecule has 0 radical (unpaired) electrons. The van der Waals surface area contributed by atoms with E-state index < -0.39 is 23.9 Å². The predicted octanol–water partition coefficient (Wildman–Crippen LogP) is 5.66. The lowest BCUT2D eigenvalue weighted by atomic mass is 9.86. The molecule has 0 aliphatic carbocycles. The second-order valence-corrected chi connectivity index (χ2v) is 8.29. The molecule has 8 heteroatoms. The van der Waals surface area contributed by atoms with Crippen molar-refractivity contribution < 1.29 is 32.2 Å². The lowest BCUT2D eigenvalue weighted by Crippen LogP contribution is -2.46. The molecule has 0 saturated heterocycles. The Morgan fingerprint density at radius 1 is 0.971 bits per heavy atom. The molecule has 5 nitrogen and oxygen atoms in total. The number of hydrogen-bond acceptors (Lipinski definition) is 4. The molecule has 1 heterocycles. The Labute approximate surface area is 202 Å². The van der Waals surface area contributed by atoms with E-state index in [0.717, 1.165) is 17.7 Å². The third-order valence-electron chi connectivity index (χ3n) is 6.09. The van der Waals surface area contributed by atoms with Gasteiger partial charge in [0.25, 0.3) is 5.91 Å². The van der Waals surface area contributed by atoms with Gasteiger partial charge < -0.3 is 19.1 Å². The summed E-state index contributed by atoms with van der Waals surface area (Å²) in [6.45, 7) is 1.95. The highest BCUT2D eigenvalue weighted by atomic mass is 19.4. The second-order valence-electron chi connectivity index (χ2n) is 8.29. The monoisotopic (exact) mass is 485 g/mol. The lowest BCUT2D eigenvalue weighted by molar-refractivity contribution is -0.140. The van der Waals surface area contributed by atoms with Crippen LogP contribution in [0, 0.1) is 0 Å². The highest BCUT2D eigenvalue weighted by molar-refractivity contribution is 5.82. The fraction of sp³-hybridized carbons (Fsp3) is 0.296. The molecular formula is C27H26F3NO4. The van der Waals surface area contributed by atoms with Crippen LogP contribution in [0.1, 0.15) is 35.2 Å². The van der Waals surface area contributed by atoms with Gasteiger partial charge >= 0.3 is 6.18 Å². The molecule has 0 bridgehead atoms. The molecule has 0 N–H and O–H groups in total. The van der Waals surface area contributed by atoms with Crippen molar-refractivity contribution in [2.24, 2.45) is 0 Å². The Morgan fingerprint density at radius 3 is 2.31 bits per heavy atom. The smallest absolute Gasteiger partial charge is 0.416 e. The van der Waals surface area contributed by atoms with Gasteiger partial charge in [-0.2, -0.15) is 13.2 Å². The molecule has 1 aliphatic heterocycles. The fourth-order valence-electron chi connectivity index (χ4n) is 4.41. The van der Waals surface area contributed by atoms with E-state index in [1.54, 1.807) is 48.2 Å². The fourth-order valence-corrected chi connectivity index (χ4v) is 4.41. The van der Waals surface area contributed by atoms with E-state index in [9.17, 15) is 18.0 Å². The van der Waals surface area contributed by atoms with Crippen molar-refractivity contribution in [1.82, 2.24) is 4.90 Å². The molecule has 0 saturated carbocycles. The van der Waals surface area contributed by atoms with Gasteiger partial charge in [0, 0.05) is 6.54 Å². The summed E-state index contributed by atoms with van der Waals surface area (Å²) in [6, 6.07) is 16.8. The molecule has 1 aliphatic rings. The zero-order valence-corrected chi connectivity index (χ0v) is 19.6. The number of nitrogens with zero attached hydrogens (tertiary/aromatic N) is 1. The first-order valence-corrected chi connectivity index (χ1v) is 11.2. The Morgan fingerprint density at radius 2 is 1.66 bits per heavy atom. The maximum Gasteiger partial charge on any atom is 0.416 e. The van der Waals surface area contributed by atoms with Crippen molar-refractivity contribution in [1.29, 1.82) is 0 Å². The van der Waals surface area contributed by atoms with Crippen LogP contribution in [0.2, 0.25) is 0 Å². The van der Waals surface area contributed by atoms with Crippen LogP contribution in [-0.2, 0) is 17.4 Å².